The number of aromatic nitrogens is 2. The van der Waals surface area contributed by atoms with Crippen molar-refractivity contribution in [1.29, 1.82) is 0 Å². The molecule has 2 aromatic heterocycles. The highest BCUT2D eigenvalue weighted by Gasteiger charge is 2.48. The zero-order valence-electron chi connectivity index (χ0n) is 17.1. The molecular formula is C23H30FN3O2. The lowest BCUT2D eigenvalue weighted by Crippen LogP contribution is -2.47. The van der Waals surface area contributed by atoms with Crippen molar-refractivity contribution in [3.05, 3.63) is 53.9 Å². The monoisotopic (exact) mass is 399 g/mol. The van der Waals surface area contributed by atoms with Crippen LogP contribution in [0.3, 0.4) is 0 Å². The lowest BCUT2D eigenvalue weighted by molar-refractivity contribution is -0.104. The van der Waals surface area contributed by atoms with Crippen molar-refractivity contribution in [2.45, 2.75) is 62.5 Å². The fourth-order valence-electron chi connectivity index (χ4n) is 5.06. The lowest BCUT2D eigenvalue weighted by Gasteiger charge is -2.46. The van der Waals surface area contributed by atoms with E-state index >= 15 is 0 Å². The van der Waals surface area contributed by atoms with Crippen molar-refractivity contribution < 1.29 is 13.9 Å². The Morgan fingerprint density at radius 1 is 1.21 bits per heavy atom. The lowest BCUT2D eigenvalue weighted by atomic mass is 9.68. The third-order valence-electron chi connectivity index (χ3n) is 6.57. The van der Waals surface area contributed by atoms with Gasteiger partial charge in [-0.1, -0.05) is 18.9 Å². The summed E-state index contributed by atoms with van der Waals surface area (Å²) in [6.45, 7) is 2.28. The molecule has 29 heavy (non-hydrogen) atoms. The first-order chi connectivity index (χ1) is 14.1. The van der Waals surface area contributed by atoms with Crippen molar-refractivity contribution in [2.24, 2.45) is 0 Å². The van der Waals surface area contributed by atoms with E-state index < -0.39 is 5.95 Å². The highest BCUT2D eigenvalue weighted by atomic mass is 19.1. The first-order valence-corrected chi connectivity index (χ1v) is 10.6. The molecule has 3 heterocycles. The van der Waals surface area contributed by atoms with Crippen LogP contribution in [0.15, 0.2) is 36.7 Å². The van der Waals surface area contributed by atoms with Gasteiger partial charge in [0.05, 0.1) is 12.7 Å². The molecular weight excluding hydrogens is 369 g/mol. The summed E-state index contributed by atoms with van der Waals surface area (Å²) in [5, 5.41) is 3.51. The second kappa shape index (κ2) is 8.76. The van der Waals surface area contributed by atoms with Crippen LogP contribution in [0.25, 0.3) is 0 Å². The Hall–Kier alpha value is -2.05. The van der Waals surface area contributed by atoms with E-state index in [9.17, 15) is 4.39 Å². The molecule has 1 N–H and O–H groups in total. The Kier molecular flexibility index (Phi) is 6.11. The summed E-state index contributed by atoms with van der Waals surface area (Å²) >= 11 is 0. The minimum absolute atomic E-state index is 0.0318. The highest BCUT2D eigenvalue weighted by molar-refractivity contribution is 5.25. The predicted molar refractivity (Wildman–Crippen MR) is 109 cm³/mol. The predicted octanol–water partition coefficient (Wildman–Crippen LogP) is 4.17. The second-order valence-corrected chi connectivity index (χ2v) is 8.42. The van der Waals surface area contributed by atoms with Crippen LogP contribution in [0.1, 0.15) is 56.2 Å². The molecule has 2 fully saturated rings. The maximum atomic E-state index is 13.5. The molecule has 2 aliphatic rings. The standard InChI is InChI=1S/C23H30FN3O2/c1-28-19-14-18(16-27-21(19)24)15-25-12-9-22(20-6-2-5-11-26-20)10-13-29-23(17-22)7-3-4-8-23/h2,5-6,11,14,16,25H,3-4,7-10,12-13,15,17H2,1H3/t22-/m0/s1. The van der Waals surface area contributed by atoms with Gasteiger partial charge in [0.2, 0.25) is 0 Å². The van der Waals surface area contributed by atoms with Gasteiger partial charge >= 0.3 is 0 Å². The normalized spacial score (nSPS) is 23.4. The van der Waals surface area contributed by atoms with Crippen molar-refractivity contribution in [3.63, 3.8) is 0 Å². The van der Waals surface area contributed by atoms with Crippen LogP contribution in [0, 0.1) is 5.95 Å². The van der Waals surface area contributed by atoms with Crippen molar-refractivity contribution in [1.82, 2.24) is 15.3 Å². The molecule has 1 aliphatic carbocycles. The van der Waals surface area contributed by atoms with Crippen LogP contribution in [0.2, 0.25) is 0 Å². The van der Waals surface area contributed by atoms with Crippen molar-refractivity contribution in [2.75, 3.05) is 20.3 Å². The van der Waals surface area contributed by atoms with Gasteiger partial charge in [0.15, 0.2) is 5.75 Å². The quantitative estimate of drug-likeness (QED) is 0.560. The average Bonchev–Trinajstić information content (AvgIpc) is 3.20. The molecule has 4 rings (SSSR count). The molecule has 5 nitrogen and oxygen atoms in total. The fourth-order valence-corrected chi connectivity index (χ4v) is 5.06. The number of hydrogen-bond acceptors (Lipinski definition) is 5. The molecule has 0 amide bonds. The first-order valence-electron chi connectivity index (χ1n) is 10.6. The van der Waals surface area contributed by atoms with Gasteiger partial charge < -0.3 is 14.8 Å². The van der Waals surface area contributed by atoms with Crippen LogP contribution >= 0.6 is 0 Å². The molecule has 0 unspecified atom stereocenters. The van der Waals surface area contributed by atoms with Gasteiger partial charge in [-0.05, 0) is 62.4 Å². The number of hydrogen-bond donors (Lipinski definition) is 1. The van der Waals surface area contributed by atoms with Gasteiger partial charge in [0, 0.05) is 36.7 Å². The van der Waals surface area contributed by atoms with Gasteiger partial charge in [-0.25, -0.2) is 4.98 Å². The molecule has 0 bridgehead atoms. The van der Waals surface area contributed by atoms with E-state index in [1.165, 1.54) is 25.6 Å². The van der Waals surface area contributed by atoms with E-state index in [1.54, 1.807) is 12.3 Å². The maximum Gasteiger partial charge on any atom is 0.255 e. The van der Waals surface area contributed by atoms with Crippen molar-refractivity contribution >= 4 is 0 Å². The van der Waals surface area contributed by atoms with Crippen LogP contribution < -0.4 is 10.1 Å². The Labute approximate surface area is 172 Å². The maximum absolute atomic E-state index is 13.5. The van der Waals surface area contributed by atoms with E-state index in [0.717, 1.165) is 50.8 Å². The van der Waals surface area contributed by atoms with Gasteiger partial charge in [0.1, 0.15) is 0 Å². The minimum atomic E-state index is -0.575. The van der Waals surface area contributed by atoms with Crippen molar-refractivity contribution in [3.8, 4) is 5.75 Å². The molecule has 1 spiro atoms. The van der Waals surface area contributed by atoms with Gasteiger partial charge in [-0.3, -0.25) is 4.98 Å². The third-order valence-corrected chi connectivity index (χ3v) is 6.57. The number of methoxy groups -OCH3 is 1. The van der Waals surface area contributed by atoms with E-state index in [-0.39, 0.29) is 16.8 Å². The summed E-state index contributed by atoms with van der Waals surface area (Å²) in [6.07, 6.45) is 11.3. The fraction of sp³-hybridized carbons (Fsp3) is 0.565. The van der Waals surface area contributed by atoms with E-state index in [0.29, 0.717) is 6.54 Å². The smallest absolute Gasteiger partial charge is 0.255 e. The molecule has 0 radical (unpaired) electrons. The van der Waals surface area contributed by atoms with E-state index in [1.807, 2.05) is 12.3 Å². The van der Waals surface area contributed by atoms with Gasteiger partial charge in [-0.2, -0.15) is 4.39 Å². The van der Waals surface area contributed by atoms with E-state index in [2.05, 4.69) is 22.4 Å². The zero-order valence-corrected chi connectivity index (χ0v) is 17.1. The second-order valence-electron chi connectivity index (χ2n) is 8.42. The summed E-state index contributed by atoms with van der Waals surface area (Å²) in [5.74, 6) is -0.392. The van der Waals surface area contributed by atoms with Crippen LogP contribution in [0.4, 0.5) is 4.39 Å². The molecule has 1 saturated carbocycles. The van der Waals surface area contributed by atoms with Crippen LogP contribution in [-0.2, 0) is 16.7 Å². The van der Waals surface area contributed by atoms with Gasteiger partial charge in [-0.15, -0.1) is 0 Å². The number of halogens is 1. The zero-order chi connectivity index (χ0) is 20.2. The molecule has 1 aliphatic heterocycles. The first kappa shape index (κ1) is 20.2. The molecule has 6 heteroatoms. The molecule has 1 saturated heterocycles. The number of rotatable bonds is 7. The summed E-state index contributed by atoms with van der Waals surface area (Å²) < 4.78 is 24.8. The minimum Gasteiger partial charge on any atom is -0.492 e. The topological polar surface area (TPSA) is 56.3 Å². The summed E-state index contributed by atoms with van der Waals surface area (Å²) in [7, 11) is 1.46. The van der Waals surface area contributed by atoms with Crippen LogP contribution in [-0.4, -0.2) is 35.8 Å². The Balaban J connectivity index is 1.44. The number of ether oxygens (including phenoxy) is 2. The SMILES string of the molecule is COc1cc(CNCC[C@]2(c3ccccn3)CCOC3(CCCC3)C2)cnc1F. The van der Waals surface area contributed by atoms with Crippen LogP contribution in [0.5, 0.6) is 5.75 Å². The average molecular weight is 400 g/mol. The molecule has 2 aromatic rings. The Bertz CT molecular complexity index is 811. The van der Waals surface area contributed by atoms with E-state index in [4.69, 9.17) is 14.5 Å². The number of pyridine rings is 2. The molecule has 1 atom stereocenters. The summed E-state index contributed by atoms with van der Waals surface area (Å²) in [6, 6.07) is 7.94. The molecule has 0 aromatic carbocycles. The number of nitrogens with zero attached hydrogens (tertiary/aromatic N) is 2. The Morgan fingerprint density at radius 3 is 2.83 bits per heavy atom. The highest BCUT2D eigenvalue weighted by Crippen LogP contribution is 2.49. The third kappa shape index (κ3) is 4.43. The largest absolute Gasteiger partial charge is 0.492 e. The number of nitrogens with one attached hydrogen (secondary N) is 1. The molecule has 156 valence electrons. The summed E-state index contributed by atoms with van der Waals surface area (Å²) in [4.78, 5) is 8.52. The van der Waals surface area contributed by atoms with Gasteiger partial charge in [0.25, 0.3) is 5.95 Å². The summed E-state index contributed by atoms with van der Waals surface area (Å²) in [5.41, 5.74) is 2.16. The Morgan fingerprint density at radius 2 is 2.07 bits per heavy atom.